The van der Waals surface area contributed by atoms with Gasteiger partial charge in [-0.2, -0.15) is 0 Å². The van der Waals surface area contributed by atoms with Gasteiger partial charge in [0.05, 0.1) is 0 Å². The number of rotatable bonds is 4. The molecule has 1 aromatic carbocycles. The van der Waals surface area contributed by atoms with E-state index in [0.29, 0.717) is 6.54 Å². The first kappa shape index (κ1) is 15.1. The number of benzene rings is 1. The predicted octanol–water partition coefficient (Wildman–Crippen LogP) is 3.73. The molecule has 0 amide bonds. The summed E-state index contributed by atoms with van der Waals surface area (Å²) in [5.74, 6) is 0. The summed E-state index contributed by atoms with van der Waals surface area (Å²) in [4.78, 5) is 2.67. The number of nitrogens with zero attached hydrogens (tertiary/aromatic N) is 1. The van der Waals surface area contributed by atoms with Crippen molar-refractivity contribution >= 4 is 0 Å². The standard InChI is InChI=1S/C19H30N2/c20-16-18-7-3-2-6-17(18)8-13-21-14-11-19(12-15-21)9-4-1-5-10-19/h2-3,6-7H,1,4-5,8-16,20H2. The number of piperidine rings is 1. The highest BCUT2D eigenvalue weighted by molar-refractivity contribution is 5.27. The highest BCUT2D eigenvalue weighted by Crippen LogP contribution is 2.44. The molecule has 2 N–H and O–H groups in total. The number of hydrogen-bond donors (Lipinski definition) is 1. The molecule has 1 saturated heterocycles. The van der Waals surface area contributed by atoms with Gasteiger partial charge in [-0.05, 0) is 61.7 Å². The quantitative estimate of drug-likeness (QED) is 0.913. The Morgan fingerprint density at radius 1 is 0.905 bits per heavy atom. The SMILES string of the molecule is NCc1ccccc1CCN1CCC2(CCCCC2)CC1. The maximum absolute atomic E-state index is 5.84. The molecule has 2 fully saturated rings. The van der Waals surface area contributed by atoms with Crippen LogP contribution in [0.3, 0.4) is 0 Å². The van der Waals surface area contributed by atoms with Gasteiger partial charge in [0.2, 0.25) is 0 Å². The van der Waals surface area contributed by atoms with Crippen LogP contribution < -0.4 is 5.73 Å². The molecule has 0 unspecified atom stereocenters. The summed E-state index contributed by atoms with van der Waals surface area (Å²) in [6, 6.07) is 8.65. The minimum atomic E-state index is 0.666. The van der Waals surface area contributed by atoms with Crippen LogP contribution >= 0.6 is 0 Å². The Bertz CT molecular complexity index is 439. The van der Waals surface area contributed by atoms with Crippen molar-refractivity contribution in [1.29, 1.82) is 0 Å². The molecular formula is C19H30N2. The van der Waals surface area contributed by atoms with Crippen LogP contribution in [-0.2, 0) is 13.0 Å². The van der Waals surface area contributed by atoms with E-state index >= 15 is 0 Å². The van der Waals surface area contributed by atoms with Crippen molar-refractivity contribution in [2.45, 2.75) is 57.9 Å². The molecule has 0 radical (unpaired) electrons. The van der Waals surface area contributed by atoms with E-state index in [0.717, 1.165) is 11.8 Å². The van der Waals surface area contributed by atoms with Crippen molar-refractivity contribution in [3.8, 4) is 0 Å². The lowest BCUT2D eigenvalue weighted by molar-refractivity contribution is 0.0684. The molecule has 2 heteroatoms. The molecule has 1 aliphatic heterocycles. The fraction of sp³-hybridized carbons (Fsp3) is 0.684. The second-order valence-corrected chi connectivity index (χ2v) is 7.13. The summed E-state index contributed by atoms with van der Waals surface area (Å²) in [6.07, 6.45) is 11.4. The molecule has 1 aliphatic carbocycles. The second kappa shape index (κ2) is 6.93. The Labute approximate surface area is 129 Å². The fourth-order valence-corrected chi connectivity index (χ4v) is 4.33. The minimum Gasteiger partial charge on any atom is -0.326 e. The molecule has 1 saturated carbocycles. The summed E-state index contributed by atoms with van der Waals surface area (Å²) < 4.78 is 0. The van der Waals surface area contributed by atoms with Crippen LogP contribution in [0, 0.1) is 5.41 Å². The van der Waals surface area contributed by atoms with Crippen LogP contribution in [0.1, 0.15) is 56.1 Å². The molecule has 116 valence electrons. The van der Waals surface area contributed by atoms with Crippen LogP contribution in [0.5, 0.6) is 0 Å². The third-order valence-electron chi connectivity index (χ3n) is 5.87. The fourth-order valence-electron chi connectivity index (χ4n) is 4.33. The molecule has 0 aromatic heterocycles. The van der Waals surface area contributed by atoms with E-state index in [1.807, 2.05) is 0 Å². The van der Waals surface area contributed by atoms with E-state index in [-0.39, 0.29) is 0 Å². The maximum Gasteiger partial charge on any atom is 0.0180 e. The normalized spacial score (nSPS) is 22.5. The third-order valence-corrected chi connectivity index (χ3v) is 5.87. The maximum atomic E-state index is 5.84. The second-order valence-electron chi connectivity index (χ2n) is 7.13. The molecular weight excluding hydrogens is 256 g/mol. The van der Waals surface area contributed by atoms with Gasteiger partial charge in [0, 0.05) is 13.1 Å². The molecule has 0 atom stereocenters. The van der Waals surface area contributed by atoms with E-state index < -0.39 is 0 Å². The van der Waals surface area contributed by atoms with Crippen LogP contribution in [0.4, 0.5) is 0 Å². The lowest BCUT2D eigenvalue weighted by Crippen LogP contribution is -2.41. The van der Waals surface area contributed by atoms with E-state index in [9.17, 15) is 0 Å². The van der Waals surface area contributed by atoms with Crippen molar-refractivity contribution in [3.63, 3.8) is 0 Å². The topological polar surface area (TPSA) is 29.3 Å². The van der Waals surface area contributed by atoms with Gasteiger partial charge in [0.25, 0.3) is 0 Å². The average molecular weight is 286 g/mol. The number of nitrogens with two attached hydrogens (primary N) is 1. The van der Waals surface area contributed by atoms with E-state index in [1.165, 1.54) is 75.7 Å². The zero-order chi connectivity index (χ0) is 14.5. The van der Waals surface area contributed by atoms with Crippen LogP contribution in [0.15, 0.2) is 24.3 Å². The Balaban J connectivity index is 1.49. The first-order chi connectivity index (χ1) is 10.3. The van der Waals surface area contributed by atoms with Gasteiger partial charge in [-0.15, -0.1) is 0 Å². The summed E-state index contributed by atoms with van der Waals surface area (Å²) in [5, 5.41) is 0. The zero-order valence-electron chi connectivity index (χ0n) is 13.3. The predicted molar refractivity (Wildman–Crippen MR) is 89.2 cm³/mol. The highest BCUT2D eigenvalue weighted by atomic mass is 15.1. The molecule has 0 bridgehead atoms. The molecule has 3 rings (SSSR count). The van der Waals surface area contributed by atoms with Crippen molar-refractivity contribution in [3.05, 3.63) is 35.4 Å². The van der Waals surface area contributed by atoms with Gasteiger partial charge < -0.3 is 10.6 Å². The molecule has 2 nitrogen and oxygen atoms in total. The summed E-state index contributed by atoms with van der Waals surface area (Å²) in [5.41, 5.74) is 9.33. The Hall–Kier alpha value is -0.860. The van der Waals surface area contributed by atoms with Crippen LogP contribution in [0.2, 0.25) is 0 Å². The molecule has 1 heterocycles. The molecule has 1 spiro atoms. The average Bonchev–Trinajstić information content (AvgIpc) is 2.55. The minimum absolute atomic E-state index is 0.666. The van der Waals surface area contributed by atoms with Crippen molar-refractivity contribution in [2.24, 2.45) is 11.1 Å². The van der Waals surface area contributed by atoms with Crippen LogP contribution in [0.25, 0.3) is 0 Å². The molecule has 2 aliphatic rings. The van der Waals surface area contributed by atoms with E-state index in [4.69, 9.17) is 5.73 Å². The van der Waals surface area contributed by atoms with Crippen molar-refractivity contribution in [1.82, 2.24) is 4.90 Å². The van der Waals surface area contributed by atoms with E-state index in [1.54, 1.807) is 0 Å². The Kier molecular flexibility index (Phi) is 4.97. The summed E-state index contributed by atoms with van der Waals surface area (Å²) in [7, 11) is 0. The monoisotopic (exact) mass is 286 g/mol. The van der Waals surface area contributed by atoms with Gasteiger partial charge in [0.1, 0.15) is 0 Å². The Morgan fingerprint density at radius 2 is 1.57 bits per heavy atom. The van der Waals surface area contributed by atoms with Gasteiger partial charge in [0.15, 0.2) is 0 Å². The first-order valence-corrected chi connectivity index (χ1v) is 8.81. The smallest absolute Gasteiger partial charge is 0.0180 e. The van der Waals surface area contributed by atoms with E-state index in [2.05, 4.69) is 29.2 Å². The molecule has 21 heavy (non-hydrogen) atoms. The summed E-state index contributed by atoms with van der Waals surface area (Å²) in [6.45, 7) is 4.49. The highest BCUT2D eigenvalue weighted by Gasteiger charge is 2.35. The van der Waals surface area contributed by atoms with Crippen molar-refractivity contribution < 1.29 is 0 Å². The lowest BCUT2D eigenvalue weighted by Gasteiger charge is -2.44. The van der Waals surface area contributed by atoms with Crippen molar-refractivity contribution in [2.75, 3.05) is 19.6 Å². The molecule has 1 aromatic rings. The van der Waals surface area contributed by atoms with Gasteiger partial charge >= 0.3 is 0 Å². The first-order valence-electron chi connectivity index (χ1n) is 8.81. The third kappa shape index (κ3) is 3.67. The lowest BCUT2D eigenvalue weighted by atomic mass is 9.68. The van der Waals surface area contributed by atoms with Gasteiger partial charge in [-0.3, -0.25) is 0 Å². The Morgan fingerprint density at radius 3 is 2.24 bits per heavy atom. The zero-order valence-corrected chi connectivity index (χ0v) is 13.3. The number of hydrogen-bond acceptors (Lipinski definition) is 2. The van der Waals surface area contributed by atoms with Crippen LogP contribution in [-0.4, -0.2) is 24.5 Å². The summed E-state index contributed by atoms with van der Waals surface area (Å²) >= 11 is 0. The number of likely N-dealkylation sites (tertiary alicyclic amines) is 1. The largest absolute Gasteiger partial charge is 0.326 e. The van der Waals surface area contributed by atoms with Gasteiger partial charge in [-0.1, -0.05) is 43.5 Å². The van der Waals surface area contributed by atoms with Gasteiger partial charge in [-0.25, -0.2) is 0 Å².